The Morgan fingerprint density at radius 3 is 2.86 bits per heavy atom. The smallest absolute Gasteiger partial charge is 0.306 e. The van der Waals surface area contributed by atoms with Gasteiger partial charge in [-0.2, -0.15) is 0 Å². The molecule has 0 spiro atoms. The van der Waals surface area contributed by atoms with E-state index in [1.807, 2.05) is 31.2 Å². The Labute approximate surface area is 138 Å². The predicted molar refractivity (Wildman–Crippen MR) is 85.7 cm³/mol. The zero-order chi connectivity index (χ0) is 16.1. The highest BCUT2D eigenvalue weighted by molar-refractivity contribution is 9.10. The zero-order valence-electron chi connectivity index (χ0n) is 12.5. The van der Waals surface area contributed by atoms with E-state index in [0.29, 0.717) is 26.1 Å². The van der Waals surface area contributed by atoms with Crippen LogP contribution < -0.4 is 0 Å². The monoisotopic (exact) mass is 369 g/mol. The van der Waals surface area contributed by atoms with Crippen LogP contribution in [-0.4, -0.2) is 47.7 Å². The number of ether oxygens (including phenoxy) is 1. The Morgan fingerprint density at radius 2 is 2.18 bits per heavy atom. The molecule has 0 aliphatic carbocycles. The minimum atomic E-state index is -0.902. The number of carbonyl (C=O) groups is 2. The predicted octanol–water partition coefficient (Wildman–Crippen LogP) is 2.64. The van der Waals surface area contributed by atoms with Crippen molar-refractivity contribution in [3.8, 4) is 0 Å². The third-order valence-electron chi connectivity index (χ3n) is 3.81. The second-order valence-electron chi connectivity index (χ2n) is 5.56. The van der Waals surface area contributed by atoms with Gasteiger partial charge in [0.1, 0.15) is 0 Å². The quantitative estimate of drug-likeness (QED) is 0.866. The molecule has 22 heavy (non-hydrogen) atoms. The van der Waals surface area contributed by atoms with Gasteiger partial charge in [-0.3, -0.25) is 9.59 Å². The number of carbonyl (C=O) groups excluding carboxylic acids is 1. The molecule has 0 bridgehead atoms. The average molecular weight is 370 g/mol. The molecule has 1 heterocycles. The molecule has 0 unspecified atom stereocenters. The topological polar surface area (TPSA) is 66.8 Å². The number of hydrogen-bond donors (Lipinski definition) is 1. The summed E-state index contributed by atoms with van der Waals surface area (Å²) in [7, 11) is 0. The van der Waals surface area contributed by atoms with Crippen molar-refractivity contribution in [3.63, 3.8) is 0 Å². The van der Waals surface area contributed by atoms with E-state index in [1.165, 1.54) is 0 Å². The number of aliphatic carboxylic acids is 1. The molecule has 1 fully saturated rings. The van der Waals surface area contributed by atoms with Gasteiger partial charge in [0, 0.05) is 24.0 Å². The van der Waals surface area contributed by atoms with Crippen molar-refractivity contribution in [2.45, 2.75) is 31.8 Å². The zero-order valence-corrected chi connectivity index (χ0v) is 14.1. The van der Waals surface area contributed by atoms with Crippen molar-refractivity contribution in [1.29, 1.82) is 0 Å². The van der Waals surface area contributed by atoms with Gasteiger partial charge in [0.15, 0.2) is 0 Å². The highest BCUT2D eigenvalue weighted by Gasteiger charge is 2.27. The molecular weight excluding hydrogens is 350 g/mol. The second kappa shape index (κ2) is 7.74. The summed E-state index contributed by atoms with van der Waals surface area (Å²) >= 11 is 3.51. The van der Waals surface area contributed by atoms with E-state index in [9.17, 15) is 9.59 Å². The summed E-state index contributed by atoms with van der Waals surface area (Å²) in [6.07, 6.45) is -0.0691. The summed E-state index contributed by atoms with van der Waals surface area (Å²) in [5.41, 5.74) is 1.10. The molecule has 0 aromatic heterocycles. The fourth-order valence-corrected chi connectivity index (χ4v) is 3.32. The number of halogens is 1. The van der Waals surface area contributed by atoms with Gasteiger partial charge in [0.25, 0.3) is 0 Å². The summed E-state index contributed by atoms with van der Waals surface area (Å²) in [5, 5.41) is 8.83. The van der Waals surface area contributed by atoms with Crippen LogP contribution in [0.15, 0.2) is 28.7 Å². The number of morpholine rings is 1. The molecule has 2 rings (SSSR count). The van der Waals surface area contributed by atoms with Crippen LogP contribution in [0.3, 0.4) is 0 Å². The summed E-state index contributed by atoms with van der Waals surface area (Å²) in [6, 6.07) is 7.88. The number of rotatable bonds is 5. The van der Waals surface area contributed by atoms with Crippen LogP contribution in [0, 0.1) is 0 Å². The van der Waals surface area contributed by atoms with E-state index in [4.69, 9.17) is 9.84 Å². The Hall–Kier alpha value is -1.40. The van der Waals surface area contributed by atoms with Crippen molar-refractivity contribution in [2.75, 3.05) is 19.7 Å². The lowest BCUT2D eigenvalue weighted by molar-refractivity contribution is -0.147. The van der Waals surface area contributed by atoms with Gasteiger partial charge in [-0.15, -0.1) is 0 Å². The standard InChI is InChI=1S/C16H20BrNO4/c1-11(13-4-2-3-5-14(13)17)8-15(19)18-6-7-22-12(10-18)9-16(20)21/h2-5,11-12H,6-10H2,1H3,(H,20,21)/t11-,12+/m1/s1. The lowest BCUT2D eigenvalue weighted by Crippen LogP contribution is -2.46. The van der Waals surface area contributed by atoms with Crippen LogP contribution in [0.2, 0.25) is 0 Å². The third kappa shape index (κ3) is 4.55. The van der Waals surface area contributed by atoms with Crippen molar-refractivity contribution >= 4 is 27.8 Å². The minimum absolute atomic E-state index is 0.0435. The van der Waals surface area contributed by atoms with E-state index in [0.717, 1.165) is 10.0 Å². The molecule has 1 aliphatic heterocycles. The van der Waals surface area contributed by atoms with Crippen LogP contribution in [-0.2, 0) is 14.3 Å². The summed E-state index contributed by atoms with van der Waals surface area (Å²) in [6.45, 7) is 3.30. The third-order valence-corrected chi connectivity index (χ3v) is 4.53. The van der Waals surface area contributed by atoms with Crippen molar-refractivity contribution in [1.82, 2.24) is 4.90 Å². The van der Waals surface area contributed by atoms with Crippen LogP contribution in [0.5, 0.6) is 0 Å². The Bertz CT molecular complexity index is 549. The molecule has 1 aromatic rings. The first-order valence-electron chi connectivity index (χ1n) is 7.33. The molecule has 0 saturated carbocycles. The van der Waals surface area contributed by atoms with Crippen LogP contribution >= 0.6 is 15.9 Å². The van der Waals surface area contributed by atoms with E-state index in [1.54, 1.807) is 4.90 Å². The van der Waals surface area contributed by atoms with E-state index in [2.05, 4.69) is 15.9 Å². The molecule has 1 N–H and O–H groups in total. The number of amides is 1. The van der Waals surface area contributed by atoms with Crippen molar-refractivity contribution in [3.05, 3.63) is 34.3 Å². The highest BCUT2D eigenvalue weighted by Crippen LogP contribution is 2.27. The van der Waals surface area contributed by atoms with Gasteiger partial charge in [-0.25, -0.2) is 0 Å². The molecule has 2 atom stereocenters. The molecular formula is C16H20BrNO4. The van der Waals surface area contributed by atoms with Gasteiger partial charge in [0.2, 0.25) is 5.91 Å². The van der Waals surface area contributed by atoms with Gasteiger partial charge in [0.05, 0.1) is 19.1 Å². The SMILES string of the molecule is C[C@H](CC(=O)N1CCO[C@@H](CC(=O)O)C1)c1ccccc1Br. The fraction of sp³-hybridized carbons (Fsp3) is 0.500. The number of carboxylic acid groups (broad SMARTS) is 1. The van der Waals surface area contributed by atoms with Gasteiger partial charge >= 0.3 is 5.97 Å². The molecule has 0 radical (unpaired) electrons. The molecule has 120 valence electrons. The van der Waals surface area contributed by atoms with Crippen molar-refractivity contribution < 1.29 is 19.4 Å². The first-order chi connectivity index (χ1) is 10.5. The van der Waals surface area contributed by atoms with E-state index < -0.39 is 12.1 Å². The lowest BCUT2D eigenvalue weighted by atomic mass is 9.97. The Morgan fingerprint density at radius 1 is 1.45 bits per heavy atom. The van der Waals surface area contributed by atoms with E-state index in [-0.39, 0.29) is 18.2 Å². The molecule has 1 saturated heterocycles. The minimum Gasteiger partial charge on any atom is -0.481 e. The molecule has 1 aliphatic rings. The van der Waals surface area contributed by atoms with Crippen LogP contribution in [0.25, 0.3) is 0 Å². The van der Waals surface area contributed by atoms with Gasteiger partial charge in [-0.1, -0.05) is 41.1 Å². The maximum atomic E-state index is 12.4. The first-order valence-corrected chi connectivity index (χ1v) is 8.12. The Kier molecular flexibility index (Phi) is 5.97. The van der Waals surface area contributed by atoms with Gasteiger partial charge < -0.3 is 14.7 Å². The summed E-state index contributed by atoms with van der Waals surface area (Å²) in [5.74, 6) is -0.758. The van der Waals surface area contributed by atoms with E-state index >= 15 is 0 Å². The maximum Gasteiger partial charge on any atom is 0.306 e. The largest absolute Gasteiger partial charge is 0.481 e. The molecule has 6 heteroatoms. The Balaban J connectivity index is 1.94. The van der Waals surface area contributed by atoms with Gasteiger partial charge in [-0.05, 0) is 17.5 Å². The van der Waals surface area contributed by atoms with Crippen LogP contribution in [0.4, 0.5) is 0 Å². The lowest BCUT2D eigenvalue weighted by Gasteiger charge is -2.33. The van der Waals surface area contributed by atoms with Crippen LogP contribution in [0.1, 0.15) is 31.2 Å². The van der Waals surface area contributed by atoms with Crippen molar-refractivity contribution in [2.24, 2.45) is 0 Å². The molecule has 5 nitrogen and oxygen atoms in total. The first kappa shape index (κ1) is 17.0. The summed E-state index contributed by atoms with van der Waals surface area (Å²) in [4.78, 5) is 24.9. The number of hydrogen-bond acceptors (Lipinski definition) is 3. The number of benzene rings is 1. The fourth-order valence-electron chi connectivity index (χ4n) is 2.64. The highest BCUT2D eigenvalue weighted by atomic mass is 79.9. The number of nitrogens with zero attached hydrogens (tertiary/aromatic N) is 1. The molecule has 1 aromatic carbocycles. The normalized spacial score (nSPS) is 19.7. The number of carboxylic acids is 1. The maximum absolute atomic E-state index is 12.4. The summed E-state index contributed by atoms with van der Waals surface area (Å²) < 4.78 is 6.40. The average Bonchev–Trinajstić information content (AvgIpc) is 2.47. The molecule has 1 amide bonds. The second-order valence-corrected chi connectivity index (χ2v) is 6.41.